The summed E-state index contributed by atoms with van der Waals surface area (Å²) in [7, 11) is 0. The largest absolute Gasteiger partial charge is 0.382 e. The molecule has 2 rings (SSSR count). The molecule has 4 nitrogen and oxygen atoms in total. The van der Waals surface area contributed by atoms with Crippen LogP contribution in [0.5, 0.6) is 0 Å². The monoisotopic (exact) mass is 300 g/mol. The molecule has 18 heavy (non-hydrogen) atoms. The molecule has 0 aliphatic carbocycles. The first-order valence-corrected chi connectivity index (χ1v) is 6.13. The lowest BCUT2D eigenvalue weighted by atomic mass is 10.1. The molecule has 1 heterocycles. The highest BCUT2D eigenvalue weighted by atomic mass is 35.5. The molecule has 0 fully saturated rings. The lowest BCUT2D eigenvalue weighted by Crippen LogP contribution is -2.35. The van der Waals surface area contributed by atoms with Crippen LogP contribution in [0.25, 0.3) is 0 Å². The molecule has 0 saturated carbocycles. The van der Waals surface area contributed by atoms with E-state index in [4.69, 9.17) is 45.8 Å². The van der Waals surface area contributed by atoms with E-state index >= 15 is 0 Å². The average Bonchev–Trinajstić information content (AvgIpc) is 2.34. The van der Waals surface area contributed by atoms with Crippen LogP contribution in [-0.4, -0.2) is 23.1 Å². The van der Waals surface area contributed by atoms with Crippen molar-refractivity contribution in [2.75, 3.05) is 0 Å². The van der Waals surface area contributed by atoms with E-state index < -0.39 is 11.5 Å². The molecule has 1 aliphatic heterocycles. The Labute approximate surface area is 119 Å². The van der Waals surface area contributed by atoms with Crippen molar-refractivity contribution in [3.8, 4) is 6.07 Å². The molecule has 2 atom stereocenters. The number of hydrogen-bond donors (Lipinski definition) is 1. The maximum Gasteiger partial charge on any atom is 0.173 e. The van der Waals surface area contributed by atoms with Crippen LogP contribution in [0.15, 0.2) is 28.2 Å². The Morgan fingerprint density at radius 2 is 2.00 bits per heavy atom. The van der Waals surface area contributed by atoms with Crippen LogP contribution in [0.2, 0.25) is 10.0 Å². The van der Waals surface area contributed by atoms with Crippen molar-refractivity contribution in [2.45, 2.75) is 11.5 Å². The van der Waals surface area contributed by atoms with Crippen LogP contribution in [0.4, 0.5) is 0 Å². The molecule has 2 N–H and O–H groups in total. The van der Waals surface area contributed by atoms with Crippen LogP contribution in [-0.2, 0) is 0 Å². The lowest BCUT2D eigenvalue weighted by Gasteiger charge is -2.18. The number of halogens is 3. The smallest absolute Gasteiger partial charge is 0.173 e. The highest BCUT2D eigenvalue weighted by Gasteiger charge is 2.26. The van der Waals surface area contributed by atoms with Crippen LogP contribution in [0, 0.1) is 11.3 Å². The van der Waals surface area contributed by atoms with Crippen molar-refractivity contribution in [3.05, 3.63) is 33.8 Å². The van der Waals surface area contributed by atoms with Gasteiger partial charge in [0.1, 0.15) is 11.5 Å². The molecule has 0 spiro atoms. The van der Waals surface area contributed by atoms with Crippen molar-refractivity contribution in [1.29, 1.82) is 5.26 Å². The molecule has 92 valence electrons. The molecule has 0 radical (unpaired) electrons. The van der Waals surface area contributed by atoms with Crippen molar-refractivity contribution in [1.82, 2.24) is 0 Å². The van der Waals surface area contributed by atoms with Gasteiger partial charge in [-0.1, -0.05) is 46.9 Å². The Bertz CT molecular complexity index is 588. The van der Waals surface area contributed by atoms with Gasteiger partial charge in [0.15, 0.2) is 11.5 Å². The number of rotatable bonds is 1. The molecule has 1 aliphatic rings. The number of hydrogen-bond acceptors (Lipinski definition) is 4. The van der Waals surface area contributed by atoms with Gasteiger partial charge in [-0.3, -0.25) is 4.99 Å². The second kappa shape index (κ2) is 5.15. The number of nitrogens with two attached hydrogens (primary N) is 1. The molecule has 0 amide bonds. The Balaban J connectivity index is 2.54. The van der Waals surface area contributed by atoms with Gasteiger partial charge in [-0.05, 0) is 6.07 Å². The molecular weight excluding hydrogens is 295 g/mol. The van der Waals surface area contributed by atoms with Gasteiger partial charge < -0.3 is 5.73 Å². The van der Waals surface area contributed by atoms with Crippen molar-refractivity contribution in [2.24, 2.45) is 15.7 Å². The van der Waals surface area contributed by atoms with Gasteiger partial charge in [0.2, 0.25) is 0 Å². The summed E-state index contributed by atoms with van der Waals surface area (Å²) in [4.78, 5) is 8.13. The molecule has 1 aromatic carbocycles. The molecule has 0 aromatic heterocycles. The van der Waals surface area contributed by atoms with E-state index in [0.29, 0.717) is 21.3 Å². The Morgan fingerprint density at radius 3 is 2.67 bits per heavy atom. The van der Waals surface area contributed by atoms with E-state index in [1.54, 1.807) is 18.2 Å². The molecule has 2 unspecified atom stereocenters. The fourth-order valence-corrected chi connectivity index (χ4v) is 2.12. The topological polar surface area (TPSA) is 74.5 Å². The maximum atomic E-state index is 8.93. The highest BCUT2D eigenvalue weighted by Crippen LogP contribution is 2.27. The van der Waals surface area contributed by atoms with Gasteiger partial charge >= 0.3 is 0 Å². The van der Waals surface area contributed by atoms with Crippen molar-refractivity contribution >= 4 is 46.4 Å². The van der Waals surface area contributed by atoms with Gasteiger partial charge in [0.05, 0.1) is 16.1 Å². The van der Waals surface area contributed by atoms with E-state index in [1.165, 1.54) is 0 Å². The van der Waals surface area contributed by atoms with Gasteiger partial charge in [-0.2, -0.15) is 5.26 Å². The first kappa shape index (κ1) is 13.2. The van der Waals surface area contributed by atoms with Crippen LogP contribution in [0.3, 0.4) is 0 Å². The standard InChI is InChI=1S/C11H7Cl3N4/c12-6-3-1-2-5(8(6)13)9-11(16)18-10(14)7(4-15)17-9/h1-3,7,10H,(H2,16,18). The Morgan fingerprint density at radius 1 is 1.28 bits per heavy atom. The van der Waals surface area contributed by atoms with Gasteiger partial charge in [0.25, 0.3) is 0 Å². The van der Waals surface area contributed by atoms with Crippen molar-refractivity contribution in [3.63, 3.8) is 0 Å². The molecule has 1 aromatic rings. The predicted octanol–water partition coefficient (Wildman–Crippen LogP) is 2.61. The second-order valence-corrected chi connectivity index (χ2v) is 4.77. The normalized spacial score (nSPS) is 23.0. The number of benzene rings is 1. The summed E-state index contributed by atoms with van der Waals surface area (Å²) in [6.45, 7) is 0. The minimum absolute atomic E-state index is 0.144. The summed E-state index contributed by atoms with van der Waals surface area (Å²) in [5, 5.41) is 9.63. The summed E-state index contributed by atoms with van der Waals surface area (Å²) in [6, 6.07) is 6.23. The highest BCUT2D eigenvalue weighted by molar-refractivity contribution is 6.53. The van der Waals surface area contributed by atoms with E-state index in [1.807, 2.05) is 6.07 Å². The summed E-state index contributed by atoms with van der Waals surface area (Å²) in [5.41, 5.74) is 5.86. The third-order valence-corrected chi connectivity index (χ3v) is 3.53. The Hall–Kier alpha value is -1.28. The minimum atomic E-state index is -0.788. The molecular formula is C11H7Cl3N4. The van der Waals surface area contributed by atoms with Crippen LogP contribution < -0.4 is 5.73 Å². The fourth-order valence-electron chi connectivity index (χ4n) is 1.52. The minimum Gasteiger partial charge on any atom is -0.382 e. The van der Waals surface area contributed by atoms with Crippen molar-refractivity contribution < 1.29 is 0 Å². The van der Waals surface area contributed by atoms with Gasteiger partial charge in [0, 0.05) is 5.56 Å². The SMILES string of the molecule is N#CC1N=C(c2cccc(Cl)c2Cl)C(N)=NC1Cl. The average molecular weight is 302 g/mol. The van der Waals surface area contributed by atoms with E-state index in [-0.39, 0.29) is 5.84 Å². The number of alkyl halides is 1. The molecule has 0 saturated heterocycles. The third-order valence-electron chi connectivity index (χ3n) is 2.37. The zero-order valence-electron chi connectivity index (χ0n) is 8.94. The first-order valence-electron chi connectivity index (χ1n) is 4.94. The van der Waals surface area contributed by atoms with E-state index in [0.717, 1.165) is 0 Å². The first-order chi connectivity index (χ1) is 8.54. The quantitative estimate of drug-likeness (QED) is 0.639. The molecule has 7 heteroatoms. The summed E-state index contributed by atoms with van der Waals surface area (Å²) < 4.78 is 0. The zero-order chi connectivity index (χ0) is 13.3. The summed E-state index contributed by atoms with van der Waals surface area (Å²) >= 11 is 17.8. The molecule has 0 bridgehead atoms. The second-order valence-electron chi connectivity index (χ2n) is 3.54. The zero-order valence-corrected chi connectivity index (χ0v) is 11.2. The third kappa shape index (κ3) is 2.30. The van der Waals surface area contributed by atoms with Gasteiger partial charge in [-0.15, -0.1) is 0 Å². The van der Waals surface area contributed by atoms with Gasteiger partial charge in [-0.25, -0.2) is 4.99 Å². The summed E-state index contributed by atoms with van der Waals surface area (Å²) in [6.07, 6.45) is 0. The van der Waals surface area contributed by atoms with Crippen LogP contribution >= 0.6 is 34.8 Å². The number of aliphatic imine (C=N–C) groups is 2. The maximum absolute atomic E-state index is 8.93. The summed E-state index contributed by atoms with van der Waals surface area (Å²) in [5.74, 6) is 0.144. The number of amidine groups is 1. The number of nitrogens with zero attached hydrogens (tertiary/aromatic N) is 3. The lowest BCUT2D eigenvalue weighted by molar-refractivity contribution is 0.770. The number of nitriles is 1. The Kier molecular flexibility index (Phi) is 3.76. The van der Waals surface area contributed by atoms with E-state index in [9.17, 15) is 0 Å². The predicted molar refractivity (Wildman–Crippen MR) is 73.7 cm³/mol. The van der Waals surface area contributed by atoms with E-state index in [2.05, 4.69) is 9.98 Å². The van der Waals surface area contributed by atoms with Crippen LogP contribution in [0.1, 0.15) is 5.56 Å². The fraction of sp³-hybridized carbons (Fsp3) is 0.182.